The van der Waals surface area contributed by atoms with Crippen LogP contribution in [0.15, 0.2) is 30.3 Å². The van der Waals surface area contributed by atoms with Crippen LogP contribution in [0.3, 0.4) is 0 Å². The Kier molecular flexibility index (Phi) is 3.62. The van der Waals surface area contributed by atoms with Crippen molar-refractivity contribution in [1.82, 2.24) is 0 Å². The minimum absolute atomic E-state index is 0.128. The summed E-state index contributed by atoms with van der Waals surface area (Å²) in [7, 11) is 0. The van der Waals surface area contributed by atoms with Crippen molar-refractivity contribution >= 4 is 22.7 Å². The molecule has 1 heterocycles. The zero-order valence-corrected chi connectivity index (χ0v) is 11.1. The maximum atomic E-state index is 11.0. The zero-order chi connectivity index (χ0) is 13.1. The van der Waals surface area contributed by atoms with E-state index >= 15 is 0 Å². The molecule has 0 aliphatic rings. The number of thiophene rings is 1. The first-order chi connectivity index (χ1) is 8.58. The van der Waals surface area contributed by atoms with Crippen LogP contribution in [0.25, 0.3) is 0 Å². The SMILES string of the molecule is Cc1ccc(CNc2c(C)cccc2[N+](=O)[O-])s1. The van der Waals surface area contributed by atoms with E-state index in [4.69, 9.17) is 0 Å². The van der Waals surface area contributed by atoms with Gasteiger partial charge in [0.15, 0.2) is 0 Å². The first-order valence-corrected chi connectivity index (χ1v) is 6.43. The molecule has 2 aromatic rings. The summed E-state index contributed by atoms with van der Waals surface area (Å²) in [6, 6.07) is 9.18. The third-order valence-electron chi connectivity index (χ3n) is 2.68. The van der Waals surface area contributed by atoms with Crippen molar-refractivity contribution in [3.05, 3.63) is 55.8 Å². The van der Waals surface area contributed by atoms with Gasteiger partial charge in [-0.1, -0.05) is 12.1 Å². The van der Waals surface area contributed by atoms with Crippen molar-refractivity contribution < 1.29 is 4.92 Å². The molecular weight excluding hydrogens is 248 g/mol. The third-order valence-corrected chi connectivity index (χ3v) is 3.68. The first-order valence-electron chi connectivity index (χ1n) is 5.61. The molecule has 0 spiro atoms. The predicted octanol–water partition coefficient (Wildman–Crippen LogP) is 3.89. The Balaban J connectivity index is 2.20. The second-order valence-corrected chi connectivity index (χ2v) is 5.46. The lowest BCUT2D eigenvalue weighted by molar-refractivity contribution is -0.384. The van der Waals surface area contributed by atoms with E-state index in [9.17, 15) is 10.1 Å². The summed E-state index contributed by atoms with van der Waals surface area (Å²) in [4.78, 5) is 13.0. The summed E-state index contributed by atoms with van der Waals surface area (Å²) in [5, 5.41) is 14.1. The first kappa shape index (κ1) is 12.6. The minimum Gasteiger partial charge on any atom is -0.374 e. The van der Waals surface area contributed by atoms with Gasteiger partial charge in [-0.15, -0.1) is 11.3 Å². The van der Waals surface area contributed by atoms with Crippen molar-refractivity contribution in [2.75, 3.05) is 5.32 Å². The van der Waals surface area contributed by atoms with E-state index in [1.165, 1.54) is 15.8 Å². The molecular formula is C13H14N2O2S. The highest BCUT2D eigenvalue weighted by Gasteiger charge is 2.14. The Hall–Kier alpha value is -1.88. The Bertz CT molecular complexity index is 578. The van der Waals surface area contributed by atoms with Gasteiger partial charge in [0, 0.05) is 22.4 Å². The summed E-state index contributed by atoms with van der Waals surface area (Å²) in [6.07, 6.45) is 0. The molecule has 0 amide bonds. The molecule has 0 aliphatic carbocycles. The zero-order valence-electron chi connectivity index (χ0n) is 10.3. The highest BCUT2D eigenvalue weighted by atomic mass is 32.1. The fourth-order valence-corrected chi connectivity index (χ4v) is 2.62. The van der Waals surface area contributed by atoms with E-state index in [0.717, 1.165) is 5.56 Å². The average molecular weight is 262 g/mol. The van der Waals surface area contributed by atoms with Gasteiger partial charge in [0.2, 0.25) is 0 Å². The molecule has 1 N–H and O–H groups in total. The number of para-hydroxylation sites is 1. The Morgan fingerprint density at radius 2 is 2.06 bits per heavy atom. The van der Waals surface area contributed by atoms with Gasteiger partial charge in [0.25, 0.3) is 5.69 Å². The van der Waals surface area contributed by atoms with Crippen LogP contribution in [0.5, 0.6) is 0 Å². The molecule has 2 rings (SSSR count). The summed E-state index contributed by atoms with van der Waals surface area (Å²) < 4.78 is 0. The van der Waals surface area contributed by atoms with E-state index in [1.54, 1.807) is 17.4 Å². The fourth-order valence-electron chi connectivity index (χ4n) is 1.79. The Labute approximate surface area is 109 Å². The van der Waals surface area contributed by atoms with Crippen molar-refractivity contribution in [1.29, 1.82) is 0 Å². The molecule has 0 radical (unpaired) electrons. The molecule has 0 unspecified atom stereocenters. The number of nitro benzene ring substituents is 1. The predicted molar refractivity (Wildman–Crippen MR) is 74.2 cm³/mol. The van der Waals surface area contributed by atoms with E-state index in [-0.39, 0.29) is 10.6 Å². The molecule has 0 atom stereocenters. The van der Waals surface area contributed by atoms with Gasteiger partial charge in [0.05, 0.1) is 4.92 Å². The van der Waals surface area contributed by atoms with Gasteiger partial charge >= 0.3 is 0 Å². The van der Waals surface area contributed by atoms with Crippen LogP contribution in [0.1, 0.15) is 15.3 Å². The van der Waals surface area contributed by atoms with Gasteiger partial charge in [-0.25, -0.2) is 0 Å². The summed E-state index contributed by atoms with van der Waals surface area (Å²) in [6.45, 7) is 4.53. The molecule has 18 heavy (non-hydrogen) atoms. The van der Waals surface area contributed by atoms with Gasteiger partial charge in [0.1, 0.15) is 5.69 Å². The average Bonchev–Trinajstić information content (AvgIpc) is 2.73. The molecule has 0 aliphatic heterocycles. The number of nitrogens with one attached hydrogen (secondary N) is 1. The van der Waals surface area contributed by atoms with Crippen molar-refractivity contribution in [3.8, 4) is 0 Å². The summed E-state index contributed by atoms with van der Waals surface area (Å²) in [5.41, 5.74) is 1.62. The molecule has 1 aromatic heterocycles. The largest absolute Gasteiger partial charge is 0.374 e. The number of nitro groups is 1. The van der Waals surface area contributed by atoms with Crippen LogP contribution >= 0.6 is 11.3 Å². The van der Waals surface area contributed by atoms with E-state index in [0.29, 0.717) is 12.2 Å². The van der Waals surface area contributed by atoms with E-state index in [2.05, 4.69) is 5.32 Å². The van der Waals surface area contributed by atoms with E-state index in [1.807, 2.05) is 32.0 Å². The lowest BCUT2D eigenvalue weighted by Crippen LogP contribution is -2.03. The standard InChI is InChI=1S/C13H14N2O2S/c1-9-4-3-5-12(15(16)17)13(9)14-8-11-7-6-10(2)18-11/h3-7,14H,8H2,1-2H3. The van der Waals surface area contributed by atoms with Crippen molar-refractivity contribution in [2.45, 2.75) is 20.4 Å². The van der Waals surface area contributed by atoms with Crippen LogP contribution in [-0.4, -0.2) is 4.92 Å². The summed E-state index contributed by atoms with van der Waals surface area (Å²) in [5.74, 6) is 0. The minimum atomic E-state index is -0.352. The Morgan fingerprint density at radius 1 is 1.28 bits per heavy atom. The number of aryl methyl sites for hydroxylation is 2. The highest BCUT2D eigenvalue weighted by molar-refractivity contribution is 7.11. The second kappa shape index (κ2) is 5.18. The molecule has 0 bridgehead atoms. The molecule has 0 saturated heterocycles. The van der Waals surface area contributed by atoms with Crippen LogP contribution in [0.2, 0.25) is 0 Å². The smallest absolute Gasteiger partial charge is 0.292 e. The van der Waals surface area contributed by atoms with Gasteiger partial charge < -0.3 is 5.32 Å². The number of nitrogens with zero attached hydrogens (tertiary/aromatic N) is 1. The summed E-state index contributed by atoms with van der Waals surface area (Å²) >= 11 is 1.69. The lowest BCUT2D eigenvalue weighted by Gasteiger charge is -2.08. The van der Waals surface area contributed by atoms with Crippen molar-refractivity contribution in [2.24, 2.45) is 0 Å². The van der Waals surface area contributed by atoms with Gasteiger partial charge in [-0.2, -0.15) is 0 Å². The van der Waals surface area contributed by atoms with Crippen LogP contribution in [0.4, 0.5) is 11.4 Å². The van der Waals surface area contributed by atoms with Crippen molar-refractivity contribution in [3.63, 3.8) is 0 Å². The Morgan fingerprint density at radius 3 is 2.67 bits per heavy atom. The van der Waals surface area contributed by atoms with Gasteiger partial charge in [-0.3, -0.25) is 10.1 Å². The second-order valence-electron chi connectivity index (χ2n) is 4.09. The lowest BCUT2D eigenvalue weighted by atomic mass is 10.1. The molecule has 4 nitrogen and oxygen atoms in total. The highest BCUT2D eigenvalue weighted by Crippen LogP contribution is 2.28. The quantitative estimate of drug-likeness (QED) is 0.672. The number of hydrogen-bond acceptors (Lipinski definition) is 4. The topological polar surface area (TPSA) is 55.2 Å². The van der Waals surface area contributed by atoms with Gasteiger partial charge in [-0.05, 0) is 31.5 Å². The maximum absolute atomic E-state index is 11.0. The molecule has 5 heteroatoms. The molecule has 94 valence electrons. The third kappa shape index (κ3) is 2.68. The number of anilines is 1. The van der Waals surface area contributed by atoms with Crippen LogP contribution in [-0.2, 0) is 6.54 Å². The molecule has 0 fully saturated rings. The molecule has 1 aromatic carbocycles. The normalized spacial score (nSPS) is 10.3. The van der Waals surface area contributed by atoms with Crippen LogP contribution < -0.4 is 5.32 Å². The number of hydrogen-bond donors (Lipinski definition) is 1. The number of benzene rings is 1. The number of rotatable bonds is 4. The fraction of sp³-hybridized carbons (Fsp3) is 0.231. The maximum Gasteiger partial charge on any atom is 0.292 e. The monoisotopic (exact) mass is 262 g/mol. The van der Waals surface area contributed by atoms with E-state index < -0.39 is 0 Å². The molecule has 0 saturated carbocycles. The van der Waals surface area contributed by atoms with Crippen LogP contribution in [0, 0.1) is 24.0 Å².